The van der Waals surface area contributed by atoms with Gasteiger partial charge in [-0.2, -0.15) is 0 Å². The largest absolute Gasteiger partial charge is 0.399 e. The summed E-state index contributed by atoms with van der Waals surface area (Å²) in [4.78, 5) is 14.8. The summed E-state index contributed by atoms with van der Waals surface area (Å²) in [5, 5.41) is 0. The minimum Gasteiger partial charge on any atom is -0.399 e. The lowest BCUT2D eigenvalue weighted by atomic mass is 10.1. The molecule has 4 nitrogen and oxygen atoms in total. The van der Waals surface area contributed by atoms with Crippen molar-refractivity contribution in [1.29, 1.82) is 0 Å². The van der Waals surface area contributed by atoms with Crippen molar-refractivity contribution >= 4 is 11.6 Å². The van der Waals surface area contributed by atoms with Crippen LogP contribution in [-0.4, -0.2) is 36.6 Å². The van der Waals surface area contributed by atoms with Gasteiger partial charge in [0.2, 0.25) is 0 Å². The van der Waals surface area contributed by atoms with Gasteiger partial charge in [0, 0.05) is 36.4 Å². The third-order valence-electron chi connectivity index (χ3n) is 4.07. The van der Waals surface area contributed by atoms with Crippen LogP contribution in [0.5, 0.6) is 0 Å². The van der Waals surface area contributed by atoms with Crippen molar-refractivity contribution in [3.63, 3.8) is 0 Å². The fourth-order valence-corrected chi connectivity index (χ4v) is 2.89. The number of nitrogens with zero attached hydrogens (tertiary/aromatic N) is 1. The standard InChI is InChI=1S/C16H22N2O2/c1-11-6-13(8-14(17)7-11)16(19)18(15-2-3-15)9-12-4-5-20-10-12/h6-8,12,15H,2-5,9-10,17H2,1H3. The van der Waals surface area contributed by atoms with Gasteiger partial charge in [0.05, 0.1) is 6.61 Å². The van der Waals surface area contributed by atoms with Gasteiger partial charge >= 0.3 is 0 Å². The molecule has 1 saturated heterocycles. The summed E-state index contributed by atoms with van der Waals surface area (Å²) < 4.78 is 5.42. The maximum Gasteiger partial charge on any atom is 0.254 e. The Labute approximate surface area is 119 Å². The molecular weight excluding hydrogens is 252 g/mol. The molecule has 1 aliphatic heterocycles. The summed E-state index contributed by atoms with van der Waals surface area (Å²) in [5.74, 6) is 0.608. The maximum absolute atomic E-state index is 12.7. The lowest BCUT2D eigenvalue weighted by molar-refractivity contribution is 0.0706. The molecule has 1 heterocycles. The van der Waals surface area contributed by atoms with Gasteiger partial charge in [0.25, 0.3) is 5.91 Å². The number of ether oxygens (including phenoxy) is 1. The van der Waals surface area contributed by atoms with Gasteiger partial charge in [-0.15, -0.1) is 0 Å². The van der Waals surface area contributed by atoms with E-state index in [1.54, 1.807) is 6.07 Å². The van der Waals surface area contributed by atoms with E-state index in [9.17, 15) is 4.79 Å². The van der Waals surface area contributed by atoms with Gasteiger partial charge in [0.1, 0.15) is 0 Å². The van der Waals surface area contributed by atoms with Crippen LogP contribution in [-0.2, 0) is 4.74 Å². The number of anilines is 1. The van der Waals surface area contributed by atoms with E-state index in [4.69, 9.17) is 10.5 Å². The quantitative estimate of drug-likeness (QED) is 0.857. The van der Waals surface area contributed by atoms with Crippen LogP contribution < -0.4 is 5.73 Å². The molecule has 2 aliphatic rings. The van der Waals surface area contributed by atoms with Crippen molar-refractivity contribution in [2.75, 3.05) is 25.5 Å². The Morgan fingerprint density at radius 2 is 2.15 bits per heavy atom. The highest BCUT2D eigenvalue weighted by atomic mass is 16.5. The minimum atomic E-state index is 0.120. The van der Waals surface area contributed by atoms with Gasteiger partial charge in [-0.1, -0.05) is 0 Å². The molecular formula is C16H22N2O2. The number of carbonyl (C=O) groups is 1. The Bertz CT molecular complexity index is 485. The van der Waals surface area contributed by atoms with E-state index in [0.29, 0.717) is 23.2 Å². The van der Waals surface area contributed by atoms with E-state index >= 15 is 0 Å². The van der Waals surface area contributed by atoms with Gasteiger partial charge in [-0.25, -0.2) is 0 Å². The first-order chi connectivity index (χ1) is 9.63. The molecule has 1 aromatic rings. The van der Waals surface area contributed by atoms with E-state index < -0.39 is 0 Å². The zero-order chi connectivity index (χ0) is 14.1. The lowest BCUT2D eigenvalue weighted by Crippen LogP contribution is -2.37. The number of hydrogen-bond acceptors (Lipinski definition) is 3. The summed E-state index contributed by atoms with van der Waals surface area (Å²) in [6, 6.07) is 6.03. The Morgan fingerprint density at radius 3 is 2.75 bits per heavy atom. The smallest absolute Gasteiger partial charge is 0.254 e. The number of hydrogen-bond donors (Lipinski definition) is 1. The third-order valence-corrected chi connectivity index (χ3v) is 4.07. The molecule has 0 bridgehead atoms. The lowest BCUT2D eigenvalue weighted by Gasteiger charge is -2.25. The Kier molecular flexibility index (Phi) is 3.66. The number of aryl methyl sites for hydroxylation is 1. The molecule has 1 saturated carbocycles. The van der Waals surface area contributed by atoms with Crippen LogP contribution in [0.1, 0.15) is 35.2 Å². The van der Waals surface area contributed by atoms with Crippen molar-refractivity contribution in [2.24, 2.45) is 5.92 Å². The number of benzene rings is 1. The molecule has 1 amide bonds. The minimum absolute atomic E-state index is 0.120. The number of amides is 1. The summed E-state index contributed by atoms with van der Waals surface area (Å²) in [6.07, 6.45) is 3.31. The first kappa shape index (κ1) is 13.4. The highest BCUT2D eigenvalue weighted by Crippen LogP contribution is 2.30. The molecule has 0 radical (unpaired) electrons. The molecule has 1 unspecified atom stereocenters. The second-order valence-electron chi connectivity index (χ2n) is 6.05. The SMILES string of the molecule is Cc1cc(N)cc(C(=O)N(CC2CCOC2)C2CC2)c1. The maximum atomic E-state index is 12.7. The van der Waals surface area contributed by atoms with Crippen molar-refractivity contribution in [2.45, 2.75) is 32.2 Å². The Morgan fingerprint density at radius 1 is 1.35 bits per heavy atom. The molecule has 2 fully saturated rings. The monoisotopic (exact) mass is 274 g/mol. The Balaban J connectivity index is 1.77. The van der Waals surface area contributed by atoms with E-state index in [1.807, 2.05) is 24.0 Å². The number of nitrogen functional groups attached to an aromatic ring is 1. The van der Waals surface area contributed by atoms with Crippen molar-refractivity contribution in [3.8, 4) is 0 Å². The molecule has 4 heteroatoms. The first-order valence-electron chi connectivity index (χ1n) is 7.39. The number of nitrogens with two attached hydrogens (primary N) is 1. The van der Waals surface area contributed by atoms with Gasteiger partial charge < -0.3 is 15.4 Å². The van der Waals surface area contributed by atoms with Gasteiger partial charge in [-0.3, -0.25) is 4.79 Å². The summed E-state index contributed by atoms with van der Waals surface area (Å²) in [7, 11) is 0. The van der Waals surface area contributed by atoms with E-state index in [0.717, 1.165) is 44.6 Å². The fraction of sp³-hybridized carbons (Fsp3) is 0.562. The van der Waals surface area contributed by atoms with Gasteiger partial charge in [-0.05, 0) is 49.9 Å². The number of carbonyl (C=O) groups excluding carboxylic acids is 1. The van der Waals surface area contributed by atoms with Crippen LogP contribution in [0.2, 0.25) is 0 Å². The van der Waals surface area contributed by atoms with Crippen molar-refractivity contribution in [3.05, 3.63) is 29.3 Å². The van der Waals surface area contributed by atoms with E-state index in [2.05, 4.69) is 0 Å². The highest BCUT2D eigenvalue weighted by molar-refractivity contribution is 5.95. The predicted octanol–water partition coefficient (Wildman–Crippen LogP) is 2.22. The van der Waals surface area contributed by atoms with Crippen molar-refractivity contribution < 1.29 is 9.53 Å². The van der Waals surface area contributed by atoms with Crippen LogP contribution in [0.4, 0.5) is 5.69 Å². The zero-order valence-electron chi connectivity index (χ0n) is 12.0. The molecule has 0 aromatic heterocycles. The molecule has 3 rings (SSSR count). The molecule has 0 spiro atoms. The summed E-state index contributed by atoms with van der Waals surface area (Å²) >= 11 is 0. The topological polar surface area (TPSA) is 55.6 Å². The van der Waals surface area contributed by atoms with Crippen molar-refractivity contribution in [1.82, 2.24) is 4.90 Å². The molecule has 2 N–H and O–H groups in total. The number of rotatable bonds is 4. The molecule has 1 atom stereocenters. The predicted molar refractivity (Wildman–Crippen MR) is 78.6 cm³/mol. The van der Waals surface area contributed by atoms with E-state index in [-0.39, 0.29) is 5.91 Å². The normalized spacial score (nSPS) is 21.9. The zero-order valence-corrected chi connectivity index (χ0v) is 12.0. The van der Waals surface area contributed by atoms with Gasteiger partial charge in [0.15, 0.2) is 0 Å². The second-order valence-corrected chi connectivity index (χ2v) is 6.05. The fourth-order valence-electron chi connectivity index (χ4n) is 2.89. The Hall–Kier alpha value is -1.55. The average molecular weight is 274 g/mol. The summed E-state index contributed by atoms with van der Waals surface area (Å²) in [5.41, 5.74) is 8.27. The molecule has 1 aromatic carbocycles. The first-order valence-corrected chi connectivity index (χ1v) is 7.39. The second kappa shape index (κ2) is 5.44. The summed E-state index contributed by atoms with van der Waals surface area (Å²) in [6.45, 7) is 4.40. The highest BCUT2D eigenvalue weighted by Gasteiger charge is 2.35. The van der Waals surface area contributed by atoms with Crippen LogP contribution in [0, 0.1) is 12.8 Å². The molecule has 1 aliphatic carbocycles. The molecule has 20 heavy (non-hydrogen) atoms. The van der Waals surface area contributed by atoms with E-state index in [1.165, 1.54) is 0 Å². The van der Waals surface area contributed by atoms with Crippen LogP contribution in [0.25, 0.3) is 0 Å². The van der Waals surface area contributed by atoms with Crippen LogP contribution >= 0.6 is 0 Å². The third kappa shape index (κ3) is 2.96. The van der Waals surface area contributed by atoms with Crippen LogP contribution in [0.3, 0.4) is 0 Å². The molecule has 108 valence electrons. The van der Waals surface area contributed by atoms with Crippen LogP contribution in [0.15, 0.2) is 18.2 Å². The average Bonchev–Trinajstić information content (AvgIpc) is 3.11.